The van der Waals surface area contributed by atoms with Crippen LogP contribution in [0.3, 0.4) is 0 Å². The van der Waals surface area contributed by atoms with Gasteiger partial charge in [-0.2, -0.15) is 0 Å². The van der Waals surface area contributed by atoms with Crippen LogP contribution in [0.4, 0.5) is 0 Å². The lowest BCUT2D eigenvalue weighted by Crippen LogP contribution is -2.27. The van der Waals surface area contributed by atoms with Gasteiger partial charge in [0.05, 0.1) is 6.61 Å². The Morgan fingerprint density at radius 1 is 1.44 bits per heavy atom. The van der Waals surface area contributed by atoms with Crippen LogP contribution in [-0.2, 0) is 9.57 Å². The van der Waals surface area contributed by atoms with Crippen LogP contribution >= 0.6 is 0 Å². The zero-order valence-electron chi connectivity index (χ0n) is 6.26. The molecular formula is C6H15NO2. The zero-order chi connectivity index (χ0) is 7.28. The lowest BCUT2D eigenvalue weighted by molar-refractivity contribution is -0.0283. The Hall–Kier alpha value is -0.120. The number of hydrogen-bond acceptors (Lipinski definition) is 3. The molecule has 0 rings (SSSR count). The van der Waals surface area contributed by atoms with Crippen molar-refractivity contribution in [1.29, 1.82) is 0 Å². The molecule has 1 atom stereocenters. The summed E-state index contributed by atoms with van der Waals surface area (Å²) in [6.45, 7) is 4.64. The number of ether oxygens (including phenoxy) is 1. The highest BCUT2D eigenvalue weighted by Gasteiger charge is 2.11. The fourth-order valence-corrected chi connectivity index (χ4v) is 0.553. The van der Waals surface area contributed by atoms with Crippen LogP contribution in [0.25, 0.3) is 0 Å². The van der Waals surface area contributed by atoms with Gasteiger partial charge < -0.3 is 4.74 Å². The molecule has 56 valence electrons. The van der Waals surface area contributed by atoms with Crippen LogP contribution in [0.5, 0.6) is 0 Å². The minimum absolute atomic E-state index is 0.0231. The molecule has 0 fully saturated rings. The average molecular weight is 133 g/mol. The predicted octanol–water partition coefficient (Wildman–Crippen LogP) is 0.548. The van der Waals surface area contributed by atoms with Gasteiger partial charge in [-0.3, -0.25) is 4.84 Å². The van der Waals surface area contributed by atoms with E-state index in [2.05, 4.69) is 4.84 Å². The summed E-state index contributed by atoms with van der Waals surface area (Å²) in [4.78, 5) is 4.63. The van der Waals surface area contributed by atoms with Gasteiger partial charge in [0.1, 0.15) is 6.10 Å². The maximum absolute atomic E-state index is 4.98. The first-order valence-electron chi connectivity index (χ1n) is 3.06. The molecule has 0 aromatic carbocycles. The van der Waals surface area contributed by atoms with Gasteiger partial charge in [0.15, 0.2) is 0 Å². The molecule has 0 bridgehead atoms. The molecular weight excluding hydrogens is 118 g/mol. The summed E-state index contributed by atoms with van der Waals surface area (Å²) in [5.41, 5.74) is 0. The van der Waals surface area contributed by atoms with Gasteiger partial charge in [0.25, 0.3) is 0 Å². The fourth-order valence-electron chi connectivity index (χ4n) is 0.553. The van der Waals surface area contributed by atoms with E-state index in [1.54, 1.807) is 7.11 Å². The van der Waals surface area contributed by atoms with Crippen LogP contribution in [-0.4, -0.2) is 19.8 Å². The molecule has 0 aromatic rings. The second kappa shape index (κ2) is 4.73. The second-order valence-electron chi connectivity index (χ2n) is 2.37. The Bertz CT molecular complexity index is 66.1. The van der Waals surface area contributed by atoms with E-state index in [4.69, 9.17) is 10.6 Å². The lowest BCUT2D eigenvalue weighted by Gasteiger charge is -2.16. The van der Waals surface area contributed by atoms with Gasteiger partial charge in [-0.1, -0.05) is 13.8 Å². The van der Waals surface area contributed by atoms with Crippen molar-refractivity contribution in [3.63, 3.8) is 0 Å². The third kappa shape index (κ3) is 3.46. The van der Waals surface area contributed by atoms with Gasteiger partial charge in [-0.25, -0.2) is 5.90 Å². The molecule has 9 heavy (non-hydrogen) atoms. The SMILES string of the molecule is COCC(ON)C(C)C. The van der Waals surface area contributed by atoms with E-state index in [1.165, 1.54) is 0 Å². The highest BCUT2D eigenvalue weighted by atomic mass is 16.6. The van der Waals surface area contributed by atoms with Crippen molar-refractivity contribution in [1.82, 2.24) is 0 Å². The van der Waals surface area contributed by atoms with Gasteiger partial charge >= 0.3 is 0 Å². The highest BCUT2D eigenvalue weighted by molar-refractivity contribution is 4.58. The van der Waals surface area contributed by atoms with Crippen molar-refractivity contribution >= 4 is 0 Å². The van der Waals surface area contributed by atoms with Crippen molar-refractivity contribution in [2.45, 2.75) is 20.0 Å². The fraction of sp³-hybridized carbons (Fsp3) is 1.00. The smallest absolute Gasteiger partial charge is 0.104 e. The van der Waals surface area contributed by atoms with Crippen LogP contribution in [0.1, 0.15) is 13.8 Å². The van der Waals surface area contributed by atoms with Crippen molar-refractivity contribution in [3.8, 4) is 0 Å². The van der Waals surface area contributed by atoms with Crippen molar-refractivity contribution in [3.05, 3.63) is 0 Å². The van der Waals surface area contributed by atoms with Gasteiger partial charge in [0, 0.05) is 7.11 Å². The second-order valence-corrected chi connectivity index (χ2v) is 2.37. The van der Waals surface area contributed by atoms with E-state index < -0.39 is 0 Å². The summed E-state index contributed by atoms with van der Waals surface area (Å²) in [6.07, 6.45) is 0.0231. The van der Waals surface area contributed by atoms with Crippen molar-refractivity contribution in [2.75, 3.05) is 13.7 Å². The Morgan fingerprint density at radius 3 is 2.11 bits per heavy atom. The molecule has 1 unspecified atom stereocenters. The summed E-state index contributed by atoms with van der Waals surface area (Å²) in [7, 11) is 1.63. The Morgan fingerprint density at radius 2 is 2.00 bits per heavy atom. The van der Waals surface area contributed by atoms with Crippen LogP contribution in [0, 0.1) is 5.92 Å². The molecule has 0 saturated heterocycles. The molecule has 0 radical (unpaired) electrons. The molecule has 3 nitrogen and oxygen atoms in total. The maximum Gasteiger partial charge on any atom is 0.104 e. The molecule has 0 spiro atoms. The maximum atomic E-state index is 4.98. The topological polar surface area (TPSA) is 44.5 Å². The van der Waals surface area contributed by atoms with Crippen LogP contribution < -0.4 is 5.90 Å². The van der Waals surface area contributed by atoms with Crippen LogP contribution in [0.15, 0.2) is 0 Å². The number of methoxy groups -OCH3 is 1. The first-order chi connectivity index (χ1) is 4.22. The summed E-state index contributed by atoms with van der Waals surface area (Å²) >= 11 is 0. The standard InChI is InChI=1S/C6H15NO2/c1-5(2)6(9-7)4-8-3/h5-6H,4,7H2,1-3H3. The van der Waals surface area contributed by atoms with E-state index in [9.17, 15) is 0 Å². The molecule has 0 aliphatic rings. The van der Waals surface area contributed by atoms with E-state index in [-0.39, 0.29) is 6.10 Å². The quantitative estimate of drug-likeness (QED) is 0.569. The summed E-state index contributed by atoms with van der Waals surface area (Å²) < 4.78 is 4.85. The Labute approximate surface area is 56.1 Å². The van der Waals surface area contributed by atoms with E-state index in [0.717, 1.165) is 0 Å². The average Bonchev–Trinajstić information content (AvgIpc) is 1.82. The Kier molecular flexibility index (Phi) is 4.67. The van der Waals surface area contributed by atoms with E-state index >= 15 is 0 Å². The zero-order valence-corrected chi connectivity index (χ0v) is 6.26. The molecule has 0 aromatic heterocycles. The Balaban J connectivity index is 3.41. The number of nitrogens with two attached hydrogens (primary N) is 1. The summed E-state index contributed by atoms with van der Waals surface area (Å²) in [6, 6.07) is 0. The summed E-state index contributed by atoms with van der Waals surface area (Å²) in [5, 5.41) is 0. The molecule has 3 heteroatoms. The monoisotopic (exact) mass is 133 g/mol. The third-order valence-electron chi connectivity index (χ3n) is 1.25. The normalized spacial score (nSPS) is 14.3. The van der Waals surface area contributed by atoms with Gasteiger partial charge in [0.2, 0.25) is 0 Å². The molecule has 0 aliphatic heterocycles. The van der Waals surface area contributed by atoms with E-state index in [1.807, 2.05) is 13.8 Å². The molecule has 0 aliphatic carbocycles. The molecule has 0 saturated carbocycles. The molecule has 2 N–H and O–H groups in total. The van der Waals surface area contributed by atoms with Crippen LogP contribution in [0.2, 0.25) is 0 Å². The number of rotatable bonds is 4. The van der Waals surface area contributed by atoms with Crippen molar-refractivity contribution in [2.24, 2.45) is 11.8 Å². The van der Waals surface area contributed by atoms with Crippen molar-refractivity contribution < 1.29 is 9.57 Å². The van der Waals surface area contributed by atoms with Gasteiger partial charge in [-0.05, 0) is 5.92 Å². The predicted molar refractivity (Wildman–Crippen MR) is 35.8 cm³/mol. The lowest BCUT2D eigenvalue weighted by atomic mass is 10.1. The largest absolute Gasteiger partial charge is 0.382 e. The highest BCUT2D eigenvalue weighted by Crippen LogP contribution is 2.03. The molecule has 0 amide bonds. The third-order valence-corrected chi connectivity index (χ3v) is 1.25. The van der Waals surface area contributed by atoms with Gasteiger partial charge in [-0.15, -0.1) is 0 Å². The van der Waals surface area contributed by atoms with E-state index in [0.29, 0.717) is 12.5 Å². The molecule has 0 heterocycles. The summed E-state index contributed by atoms with van der Waals surface area (Å²) in [5.74, 6) is 5.39. The minimum atomic E-state index is 0.0231. The number of hydrogen-bond donors (Lipinski definition) is 1. The minimum Gasteiger partial charge on any atom is -0.382 e. The first kappa shape index (κ1) is 8.88. The first-order valence-corrected chi connectivity index (χ1v) is 3.06.